The van der Waals surface area contributed by atoms with Gasteiger partial charge in [-0.15, -0.1) is 0 Å². The molecule has 1 aromatic rings. The first kappa shape index (κ1) is 13.7. The minimum atomic E-state index is -3.44. The summed E-state index contributed by atoms with van der Waals surface area (Å²) in [6, 6.07) is 5.10. The van der Waals surface area contributed by atoms with Crippen molar-refractivity contribution in [3.63, 3.8) is 0 Å². The first-order valence-corrected chi connectivity index (χ1v) is 8.55. The lowest BCUT2D eigenvalue weighted by molar-refractivity contribution is 0.435. The lowest BCUT2D eigenvalue weighted by atomic mass is 10.2. The lowest BCUT2D eigenvalue weighted by Gasteiger charge is -2.20. The molecule has 2 N–H and O–H groups in total. The minimum Gasteiger partial charge on any atom is -0.398 e. The van der Waals surface area contributed by atoms with Gasteiger partial charge in [-0.25, -0.2) is 8.42 Å². The Hall–Kier alpha value is -0.720. The Morgan fingerprint density at radius 2 is 2.06 bits per heavy atom. The molecule has 1 saturated heterocycles. The minimum absolute atomic E-state index is 0.236. The van der Waals surface area contributed by atoms with E-state index < -0.39 is 10.0 Å². The molecule has 1 aliphatic rings. The van der Waals surface area contributed by atoms with E-state index in [1.165, 1.54) is 0 Å². The average molecular weight is 286 g/mol. The van der Waals surface area contributed by atoms with Crippen LogP contribution in [0.2, 0.25) is 0 Å². The zero-order valence-electron chi connectivity index (χ0n) is 10.4. The van der Waals surface area contributed by atoms with Crippen LogP contribution in [0, 0.1) is 6.92 Å². The molecule has 6 heteroatoms. The maximum Gasteiger partial charge on any atom is 0.245 e. The highest BCUT2D eigenvalue weighted by molar-refractivity contribution is 7.99. The predicted octanol–water partition coefficient (Wildman–Crippen LogP) is 1.70. The maximum absolute atomic E-state index is 12.5. The number of rotatable bonds is 2. The number of thioether (sulfide) groups is 1. The Kier molecular flexibility index (Phi) is 4.19. The molecule has 0 atom stereocenters. The molecular weight excluding hydrogens is 268 g/mol. The second kappa shape index (κ2) is 5.50. The molecule has 100 valence electrons. The summed E-state index contributed by atoms with van der Waals surface area (Å²) in [7, 11) is -3.44. The van der Waals surface area contributed by atoms with Gasteiger partial charge in [-0.2, -0.15) is 16.1 Å². The fourth-order valence-corrected chi connectivity index (χ4v) is 4.58. The average Bonchev–Trinajstić information content (AvgIpc) is 2.57. The fourth-order valence-electron chi connectivity index (χ4n) is 2.01. The number of aryl methyl sites for hydroxylation is 1. The summed E-state index contributed by atoms with van der Waals surface area (Å²) in [5.41, 5.74) is 7.15. The van der Waals surface area contributed by atoms with Gasteiger partial charge in [0.15, 0.2) is 0 Å². The zero-order valence-corrected chi connectivity index (χ0v) is 12.1. The van der Waals surface area contributed by atoms with Crippen LogP contribution in [-0.2, 0) is 10.0 Å². The van der Waals surface area contributed by atoms with E-state index in [1.54, 1.807) is 34.3 Å². The standard InChI is InChI=1S/C12H18N2O2S2/c1-10-3-4-12(11(13)9-10)18(15,16)14-5-2-7-17-8-6-14/h3-4,9H,2,5-8,13H2,1H3. The molecule has 0 unspecified atom stereocenters. The number of sulfonamides is 1. The molecule has 1 heterocycles. The number of anilines is 1. The molecule has 0 bridgehead atoms. The van der Waals surface area contributed by atoms with Crippen molar-refractivity contribution < 1.29 is 8.42 Å². The van der Waals surface area contributed by atoms with Crippen LogP contribution in [-0.4, -0.2) is 37.3 Å². The first-order valence-electron chi connectivity index (χ1n) is 5.96. The molecule has 0 aliphatic carbocycles. The maximum atomic E-state index is 12.5. The molecule has 2 rings (SSSR count). The molecular formula is C12H18N2O2S2. The summed E-state index contributed by atoms with van der Waals surface area (Å²) in [4.78, 5) is 0.236. The van der Waals surface area contributed by atoms with Gasteiger partial charge in [0.2, 0.25) is 10.0 Å². The molecule has 0 saturated carbocycles. The molecule has 18 heavy (non-hydrogen) atoms. The summed E-state index contributed by atoms with van der Waals surface area (Å²) in [6.07, 6.45) is 0.898. The first-order chi connectivity index (χ1) is 8.51. The van der Waals surface area contributed by atoms with Crippen molar-refractivity contribution in [2.45, 2.75) is 18.2 Å². The largest absolute Gasteiger partial charge is 0.398 e. The van der Waals surface area contributed by atoms with Crippen LogP contribution in [0.3, 0.4) is 0 Å². The van der Waals surface area contributed by atoms with E-state index >= 15 is 0 Å². The summed E-state index contributed by atoms with van der Waals surface area (Å²) < 4.78 is 26.6. The fraction of sp³-hybridized carbons (Fsp3) is 0.500. The number of benzene rings is 1. The Balaban J connectivity index is 2.34. The van der Waals surface area contributed by atoms with Crippen LogP contribution in [0.15, 0.2) is 23.1 Å². The molecule has 4 nitrogen and oxygen atoms in total. The smallest absolute Gasteiger partial charge is 0.245 e. The van der Waals surface area contributed by atoms with Gasteiger partial charge in [-0.05, 0) is 36.8 Å². The Labute approximate surface area is 113 Å². The Bertz CT molecular complexity index is 521. The third-order valence-corrected chi connectivity index (χ3v) is 5.99. The lowest BCUT2D eigenvalue weighted by Crippen LogP contribution is -2.33. The number of nitrogens with zero attached hydrogens (tertiary/aromatic N) is 1. The molecule has 1 aromatic carbocycles. The van der Waals surface area contributed by atoms with Crippen LogP contribution in [0.1, 0.15) is 12.0 Å². The van der Waals surface area contributed by atoms with Crippen molar-refractivity contribution in [3.05, 3.63) is 23.8 Å². The highest BCUT2D eigenvalue weighted by Gasteiger charge is 2.26. The zero-order chi connectivity index (χ0) is 13.2. The molecule has 0 radical (unpaired) electrons. The van der Waals surface area contributed by atoms with E-state index in [2.05, 4.69) is 0 Å². The van der Waals surface area contributed by atoms with Crippen LogP contribution in [0.5, 0.6) is 0 Å². The Morgan fingerprint density at radius 1 is 1.28 bits per heavy atom. The van der Waals surface area contributed by atoms with Gasteiger partial charge in [-0.3, -0.25) is 0 Å². The van der Waals surface area contributed by atoms with E-state index in [9.17, 15) is 8.42 Å². The van der Waals surface area contributed by atoms with Crippen molar-refractivity contribution in [1.29, 1.82) is 0 Å². The van der Waals surface area contributed by atoms with E-state index in [1.807, 2.05) is 6.92 Å². The van der Waals surface area contributed by atoms with Gasteiger partial charge >= 0.3 is 0 Å². The number of hydrogen-bond acceptors (Lipinski definition) is 4. The van der Waals surface area contributed by atoms with Crippen molar-refractivity contribution in [2.75, 3.05) is 30.3 Å². The number of nitrogen functional groups attached to an aromatic ring is 1. The number of nitrogens with two attached hydrogens (primary N) is 1. The van der Waals surface area contributed by atoms with Gasteiger partial charge < -0.3 is 5.73 Å². The van der Waals surface area contributed by atoms with E-state index in [4.69, 9.17) is 5.73 Å². The third kappa shape index (κ3) is 2.81. The van der Waals surface area contributed by atoms with Crippen molar-refractivity contribution in [3.8, 4) is 0 Å². The molecule has 1 fully saturated rings. The van der Waals surface area contributed by atoms with Gasteiger partial charge in [0.05, 0.1) is 5.69 Å². The van der Waals surface area contributed by atoms with Crippen LogP contribution >= 0.6 is 11.8 Å². The highest BCUT2D eigenvalue weighted by atomic mass is 32.2. The van der Waals surface area contributed by atoms with E-state index in [0.29, 0.717) is 18.8 Å². The number of hydrogen-bond donors (Lipinski definition) is 1. The van der Waals surface area contributed by atoms with Crippen molar-refractivity contribution in [1.82, 2.24) is 4.31 Å². The second-order valence-electron chi connectivity index (χ2n) is 4.41. The topological polar surface area (TPSA) is 63.4 Å². The van der Waals surface area contributed by atoms with Gasteiger partial charge in [0.1, 0.15) is 4.90 Å². The third-order valence-electron chi connectivity index (χ3n) is 2.96. The molecule has 0 aromatic heterocycles. The summed E-state index contributed by atoms with van der Waals surface area (Å²) in [6.45, 7) is 3.05. The van der Waals surface area contributed by atoms with Gasteiger partial charge in [0.25, 0.3) is 0 Å². The van der Waals surface area contributed by atoms with Crippen LogP contribution in [0.4, 0.5) is 5.69 Å². The molecule has 1 aliphatic heterocycles. The van der Waals surface area contributed by atoms with E-state index in [-0.39, 0.29) is 4.90 Å². The van der Waals surface area contributed by atoms with Gasteiger partial charge in [-0.1, -0.05) is 6.07 Å². The second-order valence-corrected chi connectivity index (χ2v) is 7.54. The van der Waals surface area contributed by atoms with Crippen LogP contribution in [0.25, 0.3) is 0 Å². The van der Waals surface area contributed by atoms with Crippen molar-refractivity contribution >= 4 is 27.5 Å². The summed E-state index contributed by atoms with van der Waals surface area (Å²) in [5, 5.41) is 0. The SMILES string of the molecule is Cc1ccc(S(=O)(=O)N2CCCSCC2)c(N)c1. The monoisotopic (exact) mass is 286 g/mol. The summed E-state index contributed by atoms with van der Waals surface area (Å²) >= 11 is 1.80. The van der Waals surface area contributed by atoms with Crippen molar-refractivity contribution in [2.24, 2.45) is 0 Å². The quantitative estimate of drug-likeness (QED) is 0.841. The predicted molar refractivity (Wildman–Crippen MR) is 76.3 cm³/mol. The van der Waals surface area contributed by atoms with Gasteiger partial charge in [0, 0.05) is 18.8 Å². The highest BCUT2D eigenvalue weighted by Crippen LogP contribution is 2.25. The summed E-state index contributed by atoms with van der Waals surface area (Å²) in [5.74, 6) is 1.88. The normalized spacial score (nSPS) is 18.5. The molecule has 0 spiro atoms. The molecule has 0 amide bonds. The van der Waals surface area contributed by atoms with E-state index in [0.717, 1.165) is 23.5 Å². The van der Waals surface area contributed by atoms with Crippen LogP contribution < -0.4 is 5.73 Å². The Morgan fingerprint density at radius 3 is 2.78 bits per heavy atom.